The third-order valence-corrected chi connectivity index (χ3v) is 6.07. The van der Waals surface area contributed by atoms with Crippen LogP contribution in [0.25, 0.3) is 11.0 Å². The Labute approximate surface area is 212 Å². The summed E-state index contributed by atoms with van der Waals surface area (Å²) in [6.07, 6.45) is 4.50. The molecule has 1 N–H and O–H groups in total. The van der Waals surface area contributed by atoms with Gasteiger partial charge in [-0.1, -0.05) is 54.6 Å². The molecular weight excluding hydrogens is 450 g/mol. The van der Waals surface area contributed by atoms with Crippen LogP contribution in [0.4, 0.5) is 0 Å². The average Bonchev–Trinajstić information content (AvgIpc) is 3.26. The lowest BCUT2D eigenvalue weighted by molar-refractivity contribution is -0.121. The summed E-state index contributed by atoms with van der Waals surface area (Å²) in [7, 11) is 1.65. The van der Waals surface area contributed by atoms with Crippen molar-refractivity contribution in [1.29, 1.82) is 0 Å². The number of aryl methyl sites for hydroxylation is 1. The zero-order valence-corrected chi connectivity index (χ0v) is 20.8. The highest BCUT2D eigenvalue weighted by Crippen LogP contribution is 2.28. The van der Waals surface area contributed by atoms with Gasteiger partial charge in [-0.3, -0.25) is 4.79 Å². The Kier molecular flexibility index (Phi) is 8.76. The fraction of sp³-hybridized carbons (Fsp3) is 0.267. The molecule has 36 heavy (non-hydrogen) atoms. The standard InChI is InChI=1S/C30H33N3O3/c1-3-9-24-14-16-27(28(22-24)35-2)36-21-20-33-26-13-8-7-12-25(26)32-29(33)18-19-31-30(34)17-15-23-10-5-4-6-11-23/h3-8,10-14,16,22H,1,9,15,17-21H2,2H3,(H,31,34). The summed E-state index contributed by atoms with van der Waals surface area (Å²) >= 11 is 0. The molecule has 6 nitrogen and oxygen atoms in total. The van der Waals surface area contributed by atoms with Gasteiger partial charge in [0.05, 0.1) is 24.7 Å². The van der Waals surface area contributed by atoms with Gasteiger partial charge in [-0.25, -0.2) is 4.98 Å². The van der Waals surface area contributed by atoms with E-state index in [1.165, 1.54) is 5.56 Å². The van der Waals surface area contributed by atoms with Crippen LogP contribution >= 0.6 is 0 Å². The number of aromatic nitrogens is 2. The number of nitrogens with zero attached hydrogens (tertiary/aromatic N) is 2. The van der Waals surface area contributed by atoms with Gasteiger partial charge in [0, 0.05) is 19.4 Å². The summed E-state index contributed by atoms with van der Waals surface area (Å²) < 4.78 is 13.8. The Bertz CT molecular complexity index is 1300. The lowest BCUT2D eigenvalue weighted by Gasteiger charge is -2.14. The van der Waals surface area contributed by atoms with Gasteiger partial charge in [-0.05, 0) is 48.2 Å². The summed E-state index contributed by atoms with van der Waals surface area (Å²) in [5.41, 5.74) is 4.29. The van der Waals surface area contributed by atoms with Gasteiger partial charge >= 0.3 is 0 Å². The highest BCUT2D eigenvalue weighted by atomic mass is 16.5. The third-order valence-electron chi connectivity index (χ3n) is 6.07. The van der Waals surface area contributed by atoms with Crippen molar-refractivity contribution in [3.63, 3.8) is 0 Å². The smallest absolute Gasteiger partial charge is 0.220 e. The number of amides is 1. The van der Waals surface area contributed by atoms with Crippen molar-refractivity contribution in [3.8, 4) is 11.5 Å². The van der Waals surface area contributed by atoms with Crippen molar-refractivity contribution >= 4 is 16.9 Å². The van der Waals surface area contributed by atoms with Crippen LogP contribution in [0.2, 0.25) is 0 Å². The monoisotopic (exact) mass is 483 g/mol. The van der Waals surface area contributed by atoms with E-state index in [2.05, 4.69) is 22.5 Å². The molecule has 4 rings (SSSR count). The normalized spacial score (nSPS) is 10.8. The second kappa shape index (κ2) is 12.6. The molecule has 6 heteroatoms. The first-order chi connectivity index (χ1) is 17.7. The maximum atomic E-state index is 12.3. The zero-order valence-electron chi connectivity index (χ0n) is 20.8. The number of carbonyl (C=O) groups is 1. The molecule has 4 aromatic rings. The van der Waals surface area contributed by atoms with Crippen molar-refractivity contribution < 1.29 is 14.3 Å². The lowest BCUT2D eigenvalue weighted by atomic mass is 10.1. The SMILES string of the molecule is C=CCc1ccc(OCCn2c(CCNC(=O)CCc3ccccc3)nc3ccccc32)c(OC)c1. The third kappa shape index (κ3) is 6.54. The molecule has 0 aliphatic heterocycles. The first-order valence-electron chi connectivity index (χ1n) is 12.3. The molecular formula is C30H33N3O3. The van der Waals surface area contributed by atoms with Gasteiger partial charge in [-0.15, -0.1) is 6.58 Å². The van der Waals surface area contributed by atoms with Crippen LogP contribution in [0.1, 0.15) is 23.4 Å². The first-order valence-corrected chi connectivity index (χ1v) is 12.3. The lowest BCUT2D eigenvalue weighted by Crippen LogP contribution is -2.27. The number of carbonyl (C=O) groups excluding carboxylic acids is 1. The number of allylic oxidation sites excluding steroid dienone is 1. The molecule has 186 valence electrons. The number of benzene rings is 3. The van der Waals surface area contributed by atoms with Crippen LogP contribution in [0, 0.1) is 0 Å². The minimum absolute atomic E-state index is 0.0526. The van der Waals surface area contributed by atoms with Gasteiger partial charge in [0.15, 0.2) is 11.5 Å². The molecule has 0 fully saturated rings. The second-order valence-corrected chi connectivity index (χ2v) is 8.58. The Morgan fingerprint density at radius 2 is 1.81 bits per heavy atom. The Morgan fingerprint density at radius 3 is 2.61 bits per heavy atom. The molecule has 1 heterocycles. The first kappa shape index (κ1) is 25.0. The number of rotatable bonds is 13. The summed E-state index contributed by atoms with van der Waals surface area (Å²) in [5, 5.41) is 3.04. The number of hydrogen-bond acceptors (Lipinski definition) is 4. The van der Waals surface area contributed by atoms with Crippen molar-refractivity contribution in [2.24, 2.45) is 0 Å². The van der Waals surface area contributed by atoms with E-state index in [0.717, 1.165) is 35.3 Å². The summed E-state index contributed by atoms with van der Waals surface area (Å²) in [6, 6.07) is 24.1. The topological polar surface area (TPSA) is 65.4 Å². The Hall–Kier alpha value is -4.06. The number of para-hydroxylation sites is 2. The number of hydrogen-bond donors (Lipinski definition) is 1. The fourth-order valence-electron chi connectivity index (χ4n) is 4.24. The van der Waals surface area contributed by atoms with E-state index in [1.807, 2.05) is 72.8 Å². The largest absolute Gasteiger partial charge is 0.493 e. The Balaban J connectivity index is 1.36. The minimum atomic E-state index is 0.0526. The minimum Gasteiger partial charge on any atom is -0.493 e. The van der Waals surface area contributed by atoms with E-state index < -0.39 is 0 Å². The second-order valence-electron chi connectivity index (χ2n) is 8.58. The van der Waals surface area contributed by atoms with Crippen LogP contribution in [0.3, 0.4) is 0 Å². The van der Waals surface area contributed by atoms with E-state index in [1.54, 1.807) is 7.11 Å². The molecule has 0 atom stereocenters. The van der Waals surface area contributed by atoms with Gasteiger partial charge in [-0.2, -0.15) is 0 Å². The van der Waals surface area contributed by atoms with Gasteiger partial charge in [0.1, 0.15) is 12.4 Å². The maximum Gasteiger partial charge on any atom is 0.220 e. The average molecular weight is 484 g/mol. The van der Waals surface area contributed by atoms with Crippen LogP contribution in [0.5, 0.6) is 11.5 Å². The molecule has 0 saturated heterocycles. The molecule has 1 aromatic heterocycles. The van der Waals surface area contributed by atoms with Crippen molar-refractivity contribution in [2.75, 3.05) is 20.3 Å². The molecule has 0 spiro atoms. The number of methoxy groups -OCH3 is 1. The number of fused-ring (bicyclic) bond motifs is 1. The Morgan fingerprint density at radius 1 is 1.00 bits per heavy atom. The van der Waals surface area contributed by atoms with Gasteiger partial charge in [0.25, 0.3) is 0 Å². The van der Waals surface area contributed by atoms with Gasteiger partial charge < -0.3 is 19.4 Å². The predicted octanol–water partition coefficient (Wildman–Crippen LogP) is 5.14. The number of nitrogens with one attached hydrogen (secondary N) is 1. The maximum absolute atomic E-state index is 12.3. The molecule has 0 aliphatic carbocycles. The van der Waals surface area contributed by atoms with Gasteiger partial charge in [0.2, 0.25) is 5.91 Å². The summed E-state index contributed by atoms with van der Waals surface area (Å²) in [4.78, 5) is 17.2. The molecule has 0 radical (unpaired) electrons. The number of ether oxygens (including phenoxy) is 2. The van der Waals surface area contributed by atoms with Crippen LogP contribution in [0.15, 0.2) is 85.5 Å². The summed E-state index contributed by atoms with van der Waals surface area (Å²) in [6.45, 7) is 5.43. The highest BCUT2D eigenvalue weighted by Gasteiger charge is 2.12. The summed E-state index contributed by atoms with van der Waals surface area (Å²) in [5.74, 6) is 2.40. The molecule has 0 saturated carbocycles. The molecule has 0 bridgehead atoms. The van der Waals surface area contributed by atoms with E-state index in [4.69, 9.17) is 14.5 Å². The molecule has 1 amide bonds. The van der Waals surface area contributed by atoms with Crippen molar-refractivity contribution in [1.82, 2.24) is 14.9 Å². The molecule has 0 aliphatic rings. The van der Waals surface area contributed by atoms with Crippen molar-refractivity contribution in [3.05, 3.63) is 102 Å². The zero-order chi connectivity index (χ0) is 25.2. The highest BCUT2D eigenvalue weighted by molar-refractivity contribution is 5.77. The van der Waals surface area contributed by atoms with E-state index in [9.17, 15) is 4.79 Å². The number of imidazole rings is 1. The fourth-order valence-corrected chi connectivity index (χ4v) is 4.24. The quantitative estimate of drug-likeness (QED) is 0.267. The predicted molar refractivity (Wildman–Crippen MR) is 144 cm³/mol. The van der Waals surface area contributed by atoms with Crippen molar-refractivity contribution in [2.45, 2.75) is 32.2 Å². The molecule has 0 unspecified atom stereocenters. The van der Waals surface area contributed by atoms with E-state index in [-0.39, 0.29) is 5.91 Å². The van der Waals surface area contributed by atoms with Crippen LogP contribution < -0.4 is 14.8 Å². The molecule has 3 aromatic carbocycles. The van der Waals surface area contributed by atoms with E-state index >= 15 is 0 Å². The van der Waals surface area contributed by atoms with Crippen LogP contribution in [-0.2, 0) is 30.6 Å². The van der Waals surface area contributed by atoms with Crippen LogP contribution in [-0.4, -0.2) is 35.7 Å². The van der Waals surface area contributed by atoms with E-state index in [0.29, 0.717) is 44.0 Å².